The topological polar surface area (TPSA) is 63.4 Å². The van der Waals surface area contributed by atoms with E-state index in [2.05, 4.69) is 0 Å². The number of benzene rings is 2. The van der Waals surface area contributed by atoms with Gasteiger partial charge in [-0.05, 0) is 43.3 Å². The average Bonchev–Trinajstić information content (AvgIpc) is 2.42. The first kappa shape index (κ1) is 15.9. The Morgan fingerprint density at radius 3 is 2.38 bits per heavy atom. The molecule has 2 N–H and O–H groups in total. The molecule has 0 atom stereocenters. The van der Waals surface area contributed by atoms with Gasteiger partial charge < -0.3 is 5.73 Å². The highest BCUT2D eigenvalue weighted by Crippen LogP contribution is 2.29. The number of nitrogen functional groups attached to an aromatic ring is 1. The molecule has 0 saturated heterocycles. The van der Waals surface area contributed by atoms with Crippen LogP contribution < -0.4 is 10.0 Å². The summed E-state index contributed by atoms with van der Waals surface area (Å²) in [6, 6.07) is 10.9. The fourth-order valence-corrected chi connectivity index (χ4v) is 3.79. The van der Waals surface area contributed by atoms with Gasteiger partial charge in [0, 0.05) is 12.2 Å². The largest absolute Gasteiger partial charge is 0.399 e. The van der Waals surface area contributed by atoms with Crippen LogP contribution in [0.2, 0.25) is 10.0 Å². The molecule has 0 spiro atoms. The molecule has 0 radical (unpaired) electrons. The Balaban J connectivity index is 2.51. The van der Waals surface area contributed by atoms with Crippen molar-refractivity contribution in [1.82, 2.24) is 0 Å². The summed E-state index contributed by atoms with van der Waals surface area (Å²) in [7, 11) is -3.73. The third-order valence-corrected chi connectivity index (χ3v) is 5.56. The minimum absolute atomic E-state index is 0.0844. The SMILES string of the molecule is CCN(c1cccc(N)c1)S(=O)(=O)c1ccc(Cl)c(Cl)c1. The number of anilines is 2. The van der Waals surface area contributed by atoms with Gasteiger partial charge in [-0.15, -0.1) is 0 Å². The summed E-state index contributed by atoms with van der Waals surface area (Å²) >= 11 is 11.7. The third-order valence-electron chi connectivity index (χ3n) is 2.92. The molecule has 0 heterocycles. The molecule has 0 aliphatic carbocycles. The molecule has 0 amide bonds. The smallest absolute Gasteiger partial charge is 0.264 e. The lowest BCUT2D eigenvalue weighted by Crippen LogP contribution is -2.30. The Morgan fingerprint density at radius 1 is 1.10 bits per heavy atom. The predicted molar refractivity (Wildman–Crippen MR) is 87.5 cm³/mol. The second-order valence-corrected chi connectivity index (χ2v) is 7.02. The summed E-state index contributed by atoms with van der Waals surface area (Å²) in [5.74, 6) is 0. The van der Waals surface area contributed by atoms with Crippen LogP contribution in [0.4, 0.5) is 11.4 Å². The summed E-state index contributed by atoms with van der Waals surface area (Å²) in [6.45, 7) is 2.02. The minimum atomic E-state index is -3.73. The maximum atomic E-state index is 12.7. The lowest BCUT2D eigenvalue weighted by atomic mass is 10.3. The van der Waals surface area contributed by atoms with E-state index in [1.165, 1.54) is 22.5 Å². The van der Waals surface area contributed by atoms with Crippen molar-refractivity contribution in [3.8, 4) is 0 Å². The fraction of sp³-hybridized carbons (Fsp3) is 0.143. The number of halogens is 2. The zero-order valence-corrected chi connectivity index (χ0v) is 13.6. The van der Waals surface area contributed by atoms with Gasteiger partial charge in [0.05, 0.1) is 20.6 Å². The third kappa shape index (κ3) is 3.26. The quantitative estimate of drug-likeness (QED) is 0.858. The van der Waals surface area contributed by atoms with Gasteiger partial charge in [-0.3, -0.25) is 4.31 Å². The molecule has 112 valence electrons. The van der Waals surface area contributed by atoms with Crippen LogP contribution in [-0.2, 0) is 10.0 Å². The molecular formula is C14H14Cl2N2O2S. The Morgan fingerprint density at radius 2 is 1.81 bits per heavy atom. The number of nitrogens with two attached hydrogens (primary N) is 1. The van der Waals surface area contributed by atoms with Gasteiger partial charge in [-0.25, -0.2) is 8.42 Å². The van der Waals surface area contributed by atoms with Crippen molar-refractivity contribution in [2.75, 3.05) is 16.6 Å². The standard InChI is InChI=1S/C14H14Cl2N2O2S/c1-2-18(11-5-3-4-10(17)8-11)21(19,20)12-6-7-13(15)14(16)9-12/h3-9H,2,17H2,1H3. The zero-order chi connectivity index (χ0) is 15.6. The van der Waals surface area contributed by atoms with Gasteiger partial charge in [0.1, 0.15) is 0 Å². The molecule has 2 rings (SSSR count). The highest BCUT2D eigenvalue weighted by molar-refractivity contribution is 7.92. The van der Waals surface area contributed by atoms with Gasteiger partial charge in [-0.1, -0.05) is 29.3 Å². The van der Waals surface area contributed by atoms with Crippen molar-refractivity contribution in [3.05, 3.63) is 52.5 Å². The lowest BCUT2D eigenvalue weighted by molar-refractivity contribution is 0.592. The van der Waals surface area contributed by atoms with Crippen molar-refractivity contribution in [1.29, 1.82) is 0 Å². The van der Waals surface area contributed by atoms with Crippen LogP contribution >= 0.6 is 23.2 Å². The molecule has 0 aliphatic rings. The summed E-state index contributed by atoms with van der Waals surface area (Å²) in [4.78, 5) is 0.0844. The van der Waals surface area contributed by atoms with Crippen molar-refractivity contribution in [2.45, 2.75) is 11.8 Å². The number of rotatable bonds is 4. The van der Waals surface area contributed by atoms with E-state index in [-0.39, 0.29) is 16.5 Å². The molecule has 2 aromatic carbocycles. The van der Waals surface area contributed by atoms with Gasteiger partial charge in [0.2, 0.25) is 0 Å². The number of hydrogen-bond donors (Lipinski definition) is 1. The molecule has 4 nitrogen and oxygen atoms in total. The highest BCUT2D eigenvalue weighted by Gasteiger charge is 2.24. The van der Waals surface area contributed by atoms with E-state index in [9.17, 15) is 8.42 Å². The summed E-state index contributed by atoms with van der Waals surface area (Å²) in [5.41, 5.74) is 6.72. The molecule has 21 heavy (non-hydrogen) atoms. The maximum absolute atomic E-state index is 12.7. The second-order valence-electron chi connectivity index (χ2n) is 4.34. The van der Waals surface area contributed by atoms with E-state index in [1.54, 1.807) is 31.2 Å². The normalized spacial score (nSPS) is 11.4. The van der Waals surface area contributed by atoms with Crippen molar-refractivity contribution in [3.63, 3.8) is 0 Å². The second kappa shape index (κ2) is 6.13. The fourth-order valence-electron chi connectivity index (χ4n) is 1.94. The molecular weight excluding hydrogens is 331 g/mol. The Hall–Kier alpha value is -1.43. The molecule has 0 fully saturated rings. The van der Waals surface area contributed by atoms with Gasteiger partial charge in [-0.2, -0.15) is 0 Å². The Labute approximate surface area is 134 Å². The number of hydrogen-bond acceptors (Lipinski definition) is 3. The van der Waals surface area contributed by atoms with Crippen molar-refractivity contribution < 1.29 is 8.42 Å². The number of nitrogens with zero attached hydrogens (tertiary/aromatic N) is 1. The van der Waals surface area contributed by atoms with E-state index in [1.807, 2.05) is 0 Å². The Kier molecular flexibility index (Phi) is 4.66. The Bertz CT molecular complexity index is 763. The van der Waals surface area contributed by atoms with Crippen molar-refractivity contribution >= 4 is 44.6 Å². The average molecular weight is 345 g/mol. The van der Waals surface area contributed by atoms with Crippen LogP contribution in [0.25, 0.3) is 0 Å². The van der Waals surface area contributed by atoms with E-state index in [4.69, 9.17) is 28.9 Å². The van der Waals surface area contributed by atoms with Crippen LogP contribution in [0.1, 0.15) is 6.92 Å². The summed E-state index contributed by atoms with van der Waals surface area (Å²) in [5, 5.41) is 0.504. The van der Waals surface area contributed by atoms with Crippen LogP contribution in [0.5, 0.6) is 0 Å². The van der Waals surface area contributed by atoms with Crippen LogP contribution in [0.15, 0.2) is 47.4 Å². The summed E-state index contributed by atoms with van der Waals surface area (Å²) < 4.78 is 26.7. The van der Waals surface area contributed by atoms with Crippen LogP contribution in [-0.4, -0.2) is 15.0 Å². The van der Waals surface area contributed by atoms with Crippen molar-refractivity contribution in [2.24, 2.45) is 0 Å². The van der Waals surface area contributed by atoms with E-state index < -0.39 is 10.0 Å². The predicted octanol–water partition coefficient (Wildman–Crippen LogP) is 3.79. The molecule has 0 saturated carbocycles. The maximum Gasteiger partial charge on any atom is 0.264 e. The monoisotopic (exact) mass is 344 g/mol. The molecule has 2 aromatic rings. The molecule has 0 unspecified atom stereocenters. The molecule has 0 bridgehead atoms. The van der Waals surface area contributed by atoms with E-state index in [0.717, 1.165) is 0 Å². The first-order valence-corrected chi connectivity index (χ1v) is 8.39. The van der Waals surface area contributed by atoms with E-state index >= 15 is 0 Å². The van der Waals surface area contributed by atoms with Gasteiger partial charge in [0.25, 0.3) is 10.0 Å². The lowest BCUT2D eigenvalue weighted by Gasteiger charge is -2.23. The van der Waals surface area contributed by atoms with Crippen LogP contribution in [0, 0.1) is 0 Å². The molecule has 0 aromatic heterocycles. The van der Waals surface area contributed by atoms with Gasteiger partial charge >= 0.3 is 0 Å². The molecule has 0 aliphatic heterocycles. The highest BCUT2D eigenvalue weighted by atomic mass is 35.5. The first-order valence-electron chi connectivity index (χ1n) is 6.19. The van der Waals surface area contributed by atoms with Crippen LogP contribution in [0.3, 0.4) is 0 Å². The first-order chi connectivity index (χ1) is 9.86. The zero-order valence-electron chi connectivity index (χ0n) is 11.3. The molecule has 7 heteroatoms. The van der Waals surface area contributed by atoms with Gasteiger partial charge in [0.15, 0.2) is 0 Å². The van der Waals surface area contributed by atoms with E-state index in [0.29, 0.717) is 16.4 Å². The summed E-state index contributed by atoms with van der Waals surface area (Å²) in [6.07, 6.45) is 0. The minimum Gasteiger partial charge on any atom is -0.399 e. The number of sulfonamides is 1.